The Labute approximate surface area is 127 Å². The first-order valence-electron chi connectivity index (χ1n) is 5.75. The Morgan fingerprint density at radius 2 is 1.80 bits per heavy atom. The maximum Gasteiger partial charge on any atom is 0.443 e. The first-order chi connectivity index (χ1) is 9.20. The van der Waals surface area contributed by atoms with E-state index in [0.717, 1.165) is 21.2 Å². The molecule has 1 unspecified atom stereocenters. The second-order valence-electron chi connectivity index (χ2n) is 4.51. The molecule has 1 aromatic heterocycles. The topological polar surface area (TPSA) is 38.9 Å². The van der Waals surface area contributed by atoms with E-state index in [4.69, 9.17) is 5.73 Å². The fourth-order valence-electron chi connectivity index (χ4n) is 1.88. The highest BCUT2D eigenvalue weighted by Gasteiger charge is 2.35. The summed E-state index contributed by atoms with van der Waals surface area (Å²) in [4.78, 5) is 3.80. The van der Waals surface area contributed by atoms with Gasteiger partial charge in [-0.1, -0.05) is 28.1 Å². The lowest BCUT2D eigenvalue weighted by Crippen LogP contribution is -2.11. The highest BCUT2D eigenvalue weighted by atomic mass is 79.9. The van der Waals surface area contributed by atoms with Crippen molar-refractivity contribution in [2.24, 2.45) is 5.73 Å². The fourth-order valence-corrected chi connectivity index (χ4v) is 2.93. The standard InChI is InChI=1S/C13H12BrF3N2S/c1-6-3-8(4-7(2)10(6)14)11(18)9-5-19-12(20-9)13(15,16)17/h3-5,11H,18H2,1-2H3. The summed E-state index contributed by atoms with van der Waals surface area (Å²) < 4.78 is 38.6. The lowest BCUT2D eigenvalue weighted by atomic mass is 10.0. The number of hydrogen-bond acceptors (Lipinski definition) is 3. The molecule has 0 spiro atoms. The Morgan fingerprint density at radius 1 is 1.25 bits per heavy atom. The van der Waals surface area contributed by atoms with Gasteiger partial charge in [0.1, 0.15) is 0 Å². The number of benzene rings is 1. The van der Waals surface area contributed by atoms with Crippen LogP contribution in [0.2, 0.25) is 0 Å². The van der Waals surface area contributed by atoms with Gasteiger partial charge in [0.15, 0.2) is 5.01 Å². The van der Waals surface area contributed by atoms with Crippen molar-refractivity contribution >= 4 is 27.3 Å². The van der Waals surface area contributed by atoms with Crippen LogP contribution < -0.4 is 5.73 Å². The van der Waals surface area contributed by atoms with Crippen molar-refractivity contribution in [2.45, 2.75) is 26.1 Å². The Kier molecular flexibility index (Phi) is 4.22. The SMILES string of the molecule is Cc1cc(C(N)c2cnc(C(F)(F)F)s2)cc(C)c1Br. The zero-order valence-electron chi connectivity index (χ0n) is 10.8. The molecule has 0 saturated heterocycles. The molecule has 0 radical (unpaired) electrons. The number of aryl methyl sites for hydroxylation is 2. The molecule has 0 aliphatic carbocycles. The van der Waals surface area contributed by atoms with E-state index < -0.39 is 17.2 Å². The van der Waals surface area contributed by atoms with Crippen LogP contribution in [0.15, 0.2) is 22.8 Å². The molecule has 0 bridgehead atoms. The summed E-state index contributed by atoms with van der Waals surface area (Å²) in [6, 6.07) is 3.14. The maximum atomic E-state index is 12.5. The minimum Gasteiger partial charge on any atom is -0.320 e. The van der Waals surface area contributed by atoms with Gasteiger partial charge in [0.05, 0.1) is 6.04 Å². The monoisotopic (exact) mass is 364 g/mol. The molecular weight excluding hydrogens is 353 g/mol. The molecular formula is C13H12BrF3N2S. The molecule has 2 nitrogen and oxygen atoms in total. The normalized spacial score (nSPS) is 13.6. The van der Waals surface area contributed by atoms with Crippen LogP contribution in [0.3, 0.4) is 0 Å². The third-order valence-electron chi connectivity index (χ3n) is 2.89. The van der Waals surface area contributed by atoms with Crippen molar-refractivity contribution in [1.82, 2.24) is 4.98 Å². The van der Waals surface area contributed by atoms with Gasteiger partial charge in [-0.15, -0.1) is 11.3 Å². The van der Waals surface area contributed by atoms with Crippen molar-refractivity contribution in [3.63, 3.8) is 0 Å². The molecule has 1 atom stereocenters. The van der Waals surface area contributed by atoms with Crippen LogP contribution in [0.5, 0.6) is 0 Å². The molecule has 2 rings (SSSR count). The molecule has 0 amide bonds. The van der Waals surface area contributed by atoms with Gasteiger partial charge in [0.2, 0.25) is 0 Å². The fraction of sp³-hybridized carbons (Fsp3) is 0.308. The van der Waals surface area contributed by atoms with Gasteiger partial charge in [-0.25, -0.2) is 4.98 Å². The van der Waals surface area contributed by atoms with Gasteiger partial charge in [-0.2, -0.15) is 13.2 Å². The Balaban J connectivity index is 2.36. The van der Waals surface area contributed by atoms with Crippen LogP contribution in [-0.4, -0.2) is 4.98 Å². The molecule has 0 fully saturated rings. The van der Waals surface area contributed by atoms with Gasteiger partial charge >= 0.3 is 6.18 Å². The average Bonchev–Trinajstić information content (AvgIpc) is 2.83. The van der Waals surface area contributed by atoms with Crippen molar-refractivity contribution in [3.8, 4) is 0 Å². The zero-order chi connectivity index (χ0) is 15.1. The van der Waals surface area contributed by atoms with Crippen LogP contribution >= 0.6 is 27.3 Å². The zero-order valence-corrected chi connectivity index (χ0v) is 13.2. The molecule has 1 aromatic carbocycles. The van der Waals surface area contributed by atoms with Gasteiger partial charge in [-0.05, 0) is 30.5 Å². The molecule has 0 aliphatic heterocycles. The van der Waals surface area contributed by atoms with Crippen molar-refractivity contribution in [3.05, 3.63) is 49.4 Å². The molecule has 7 heteroatoms. The second kappa shape index (κ2) is 5.46. The molecule has 1 heterocycles. The average molecular weight is 365 g/mol. The van der Waals surface area contributed by atoms with E-state index in [0.29, 0.717) is 16.2 Å². The van der Waals surface area contributed by atoms with E-state index in [1.807, 2.05) is 26.0 Å². The number of nitrogens with zero attached hydrogens (tertiary/aromatic N) is 1. The van der Waals surface area contributed by atoms with Crippen molar-refractivity contribution in [1.29, 1.82) is 0 Å². The summed E-state index contributed by atoms with van der Waals surface area (Å²) in [7, 11) is 0. The van der Waals surface area contributed by atoms with Gasteiger partial charge in [0, 0.05) is 15.5 Å². The van der Waals surface area contributed by atoms with Crippen LogP contribution in [0.1, 0.15) is 32.6 Å². The van der Waals surface area contributed by atoms with E-state index in [2.05, 4.69) is 20.9 Å². The summed E-state index contributed by atoms with van der Waals surface area (Å²) in [6.07, 6.45) is -3.22. The molecule has 108 valence electrons. The number of nitrogens with two attached hydrogens (primary N) is 1. The van der Waals surface area contributed by atoms with E-state index in [1.165, 1.54) is 6.20 Å². The van der Waals surface area contributed by atoms with E-state index in [9.17, 15) is 13.2 Å². The first kappa shape index (κ1) is 15.5. The number of thiazole rings is 1. The predicted octanol–water partition coefficient (Wildman–Crippen LogP) is 4.59. The smallest absolute Gasteiger partial charge is 0.320 e. The molecule has 20 heavy (non-hydrogen) atoms. The highest BCUT2D eigenvalue weighted by Crippen LogP contribution is 2.36. The Hall–Kier alpha value is -0.920. The lowest BCUT2D eigenvalue weighted by molar-refractivity contribution is -0.137. The number of rotatable bonds is 2. The summed E-state index contributed by atoms with van der Waals surface area (Å²) in [6.45, 7) is 3.84. The maximum absolute atomic E-state index is 12.5. The van der Waals surface area contributed by atoms with E-state index >= 15 is 0 Å². The number of aromatic nitrogens is 1. The van der Waals surface area contributed by atoms with Crippen LogP contribution in [-0.2, 0) is 6.18 Å². The quantitative estimate of drug-likeness (QED) is 0.846. The number of halogens is 4. The van der Waals surface area contributed by atoms with E-state index in [1.54, 1.807) is 0 Å². The molecule has 2 N–H and O–H groups in total. The van der Waals surface area contributed by atoms with Gasteiger partial charge in [0.25, 0.3) is 0 Å². The van der Waals surface area contributed by atoms with Crippen molar-refractivity contribution in [2.75, 3.05) is 0 Å². The molecule has 0 saturated carbocycles. The van der Waals surface area contributed by atoms with Crippen LogP contribution in [0, 0.1) is 13.8 Å². The van der Waals surface area contributed by atoms with Crippen LogP contribution in [0.4, 0.5) is 13.2 Å². The summed E-state index contributed by atoms with van der Waals surface area (Å²) >= 11 is 4.04. The Bertz CT molecular complexity index is 614. The highest BCUT2D eigenvalue weighted by molar-refractivity contribution is 9.10. The third kappa shape index (κ3) is 3.05. The summed E-state index contributed by atoms with van der Waals surface area (Å²) in [5.74, 6) is 0. The van der Waals surface area contributed by atoms with E-state index in [-0.39, 0.29) is 0 Å². The largest absolute Gasteiger partial charge is 0.443 e. The van der Waals surface area contributed by atoms with Gasteiger partial charge < -0.3 is 5.73 Å². The molecule has 0 aliphatic rings. The summed E-state index contributed by atoms with van der Waals surface area (Å²) in [5, 5.41) is -0.867. The third-order valence-corrected chi connectivity index (χ3v) is 5.27. The predicted molar refractivity (Wildman–Crippen MR) is 76.8 cm³/mol. The molecule has 2 aromatic rings. The Morgan fingerprint density at radius 3 is 2.25 bits per heavy atom. The lowest BCUT2D eigenvalue weighted by Gasteiger charge is -2.13. The summed E-state index contributed by atoms with van der Waals surface area (Å²) in [5.41, 5.74) is 8.82. The minimum absolute atomic E-state index is 0.401. The van der Waals surface area contributed by atoms with Gasteiger partial charge in [-0.3, -0.25) is 0 Å². The minimum atomic E-state index is -4.42. The number of alkyl halides is 3. The number of hydrogen-bond donors (Lipinski definition) is 1. The second-order valence-corrected chi connectivity index (χ2v) is 6.37. The van der Waals surface area contributed by atoms with Crippen LogP contribution in [0.25, 0.3) is 0 Å². The van der Waals surface area contributed by atoms with Crippen molar-refractivity contribution < 1.29 is 13.2 Å². The first-order valence-corrected chi connectivity index (χ1v) is 7.36.